The number of nitrogens with one attached hydrogen (secondary N) is 2. The molecule has 3 N–H and O–H groups in total. The quantitative estimate of drug-likeness (QED) is 0.679. The first-order chi connectivity index (χ1) is 9.89. The molecule has 1 aliphatic rings. The molecule has 2 atom stereocenters. The van der Waals surface area contributed by atoms with Crippen LogP contribution < -0.4 is 10.6 Å². The fourth-order valence-electron chi connectivity index (χ4n) is 2.83. The van der Waals surface area contributed by atoms with Crippen LogP contribution >= 0.6 is 0 Å². The number of likely N-dealkylation sites (tertiary alicyclic amines) is 1. The number of carbonyl (C=O) groups is 3. The van der Waals surface area contributed by atoms with E-state index in [-0.39, 0.29) is 5.91 Å². The van der Waals surface area contributed by atoms with Gasteiger partial charge in [0, 0.05) is 13.1 Å². The van der Waals surface area contributed by atoms with Crippen molar-refractivity contribution in [1.29, 1.82) is 0 Å². The summed E-state index contributed by atoms with van der Waals surface area (Å²) in [6.07, 6.45) is 2.22. The Hall–Kier alpha value is -1.79. The lowest BCUT2D eigenvalue weighted by Crippen LogP contribution is -2.58. The Morgan fingerprint density at radius 1 is 1.33 bits per heavy atom. The molecule has 7 heteroatoms. The predicted molar refractivity (Wildman–Crippen MR) is 77.9 cm³/mol. The zero-order valence-corrected chi connectivity index (χ0v) is 12.9. The highest BCUT2D eigenvalue weighted by Gasteiger charge is 2.49. The highest BCUT2D eigenvalue weighted by atomic mass is 16.4. The summed E-state index contributed by atoms with van der Waals surface area (Å²) in [5, 5.41) is 14.7. The van der Waals surface area contributed by atoms with E-state index >= 15 is 0 Å². The van der Waals surface area contributed by atoms with Gasteiger partial charge in [-0.2, -0.15) is 0 Å². The maximum Gasteiger partial charge on any atom is 0.329 e. The Kier molecular flexibility index (Phi) is 5.99. The summed E-state index contributed by atoms with van der Waals surface area (Å²) in [6.45, 7) is 6.17. The van der Waals surface area contributed by atoms with Crippen molar-refractivity contribution in [2.75, 3.05) is 13.1 Å². The van der Waals surface area contributed by atoms with E-state index in [1.54, 1.807) is 13.8 Å². The zero-order valence-electron chi connectivity index (χ0n) is 12.9. The molecule has 7 nitrogen and oxygen atoms in total. The van der Waals surface area contributed by atoms with Crippen LogP contribution in [0.1, 0.15) is 46.5 Å². The van der Waals surface area contributed by atoms with Crippen LogP contribution in [0.3, 0.4) is 0 Å². The lowest BCUT2D eigenvalue weighted by molar-refractivity contribution is -0.148. The van der Waals surface area contributed by atoms with E-state index in [0.29, 0.717) is 38.8 Å². The first kappa shape index (κ1) is 17.3. The first-order valence-corrected chi connectivity index (χ1v) is 7.48. The largest absolute Gasteiger partial charge is 0.479 e. The Labute approximate surface area is 125 Å². The van der Waals surface area contributed by atoms with Crippen molar-refractivity contribution in [3.63, 3.8) is 0 Å². The number of rotatable bonds is 6. The molecule has 0 aliphatic carbocycles. The number of likely N-dealkylation sites (N-methyl/N-ethyl adjacent to an activating group) is 1. The van der Waals surface area contributed by atoms with Crippen molar-refractivity contribution in [3.05, 3.63) is 0 Å². The summed E-state index contributed by atoms with van der Waals surface area (Å²) < 4.78 is 0. The fourth-order valence-corrected chi connectivity index (χ4v) is 2.83. The Balaban J connectivity index is 2.80. The van der Waals surface area contributed by atoms with Crippen molar-refractivity contribution >= 4 is 17.9 Å². The lowest BCUT2D eigenvalue weighted by Gasteiger charge is -2.35. The van der Waals surface area contributed by atoms with E-state index in [1.165, 1.54) is 4.90 Å². The third-order valence-electron chi connectivity index (χ3n) is 3.88. The van der Waals surface area contributed by atoms with Crippen molar-refractivity contribution in [2.45, 2.75) is 58.0 Å². The molecule has 1 rings (SSSR count). The van der Waals surface area contributed by atoms with E-state index < -0.39 is 23.6 Å². The summed E-state index contributed by atoms with van der Waals surface area (Å²) in [7, 11) is 0. The molecule has 1 heterocycles. The second-order valence-electron chi connectivity index (χ2n) is 5.41. The Morgan fingerprint density at radius 2 is 2.00 bits per heavy atom. The smallest absolute Gasteiger partial charge is 0.329 e. The molecular formula is C14H25N3O4. The van der Waals surface area contributed by atoms with Crippen LogP contribution in [0.5, 0.6) is 0 Å². The molecule has 120 valence electrons. The predicted octanol–water partition coefficient (Wildman–Crippen LogP) is 0.940. The van der Waals surface area contributed by atoms with Crippen molar-refractivity contribution in [1.82, 2.24) is 15.5 Å². The number of urea groups is 1. The topological polar surface area (TPSA) is 98.7 Å². The van der Waals surface area contributed by atoms with Gasteiger partial charge in [-0.3, -0.25) is 4.79 Å². The molecule has 3 amide bonds. The van der Waals surface area contributed by atoms with Gasteiger partial charge in [0.15, 0.2) is 0 Å². The van der Waals surface area contributed by atoms with Crippen molar-refractivity contribution in [2.24, 2.45) is 0 Å². The second kappa shape index (κ2) is 7.28. The van der Waals surface area contributed by atoms with Gasteiger partial charge in [0.1, 0.15) is 11.6 Å². The monoisotopic (exact) mass is 299 g/mol. The third kappa shape index (κ3) is 3.65. The minimum atomic E-state index is -1.14. The summed E-state index contributed by atoms with van der Waals surface area (Å²) in [5.41, 5.74) is -1.14. The van der Waals surface area contributed by atoms with E-state index in [9.17, 15) is 19.5 Å². The lowest BCUT2D eigenvalue weighted by atomic mass is 9.91. The molecule has 0 aromatic rings. The van der Waals surface area contributed by atoms with Gasteiger partial charge in [-0.05, 0) is 33.1 Å². The zero-order chi connectivity index (χ0) is 16.0. The van der Waals surface area contributed by atoms with E-state index in [2.05, 4.69) is 10.6 Å². The highest BCUT2D eigenvalue weighted by Crippen LogP contribution is 2.34. The molecule has 1 saturated heterocycles. The average Bonchev–Trinajstić information content (AvgIpc) is 2.84. The third-order valence-corrected chi connectivity index (χ3v) is 3.88. The fraction of sp³-hybridized carbons (Fsp3) is 0.786. The molecule has 0 radical (unpaired) electrons. The highest BCUT2D eigenvalue weighted by molar-refractivity contribution is 5.90. The van der Waals surface area contributed by atoms with Gasteiger partial charge in [-0.25, -0.2) is 9.59 Å². The maximum absolute atomic E-state index is 12.3. The van der Waals surface area contributed by atoms with Gasteiger partial charge >= 0.3 is 12.0 Å². The number of aliphatic carboxylic acids is 1. The average molecular weight is 299 g/mol. The summed E-state index contributed by atoms with van der Waals surface area (Å²) in [4.78, 5) is 37.0. The number of carboxylic acids is 1. The van der Waals surface area contributed by atoms with Crippen LogP contribution in [0, 0.1) is 0 Å². The summed E-state index contributed by atoms with van der Waals surface area (Å²) in [6, 6.07) is -1.17. The molecule has 21 heavy (non-hydrogen) atoms. The molecule has 0 bridgehead atoms. The van der Waals surface area contributed by atoms with Gasteiger partial charge in [0.25, 0.3) is 0 Å². The first-order valence-electron chi connectivity index (χ1n) is 7.48. The van der Waals surface area contributed by atoms with Crippen LogP contribution in [0.2, 0.25) is 0 Å². The van der Waals surface area contributed by atoms with Gasteiger partial charge in [0.2, 0.25) is 5.91 Å². The van der Waals surface area contributed by atoms with E-state index in [4.69, 9.17) is 0 Å². The summed E-state index contributed by atoms with van der Waals surface area (Å²) in [5.74, 6) is -1.25. The van der Waals surface area contributed by atoms with Gasteiger partial charge in [0.05, 0.1) is 0 Å². The number of carbonyl (C=O) groups excluding carboxylic acids is 2. The number of carboxylic acid groups (broad SMARTS) is 1. The molecular weight excluding hydrogens is 274 g/mol. The van der Waals surface area contributed by atoms with Gasteiger partial charge in [-0.1, -0.05) is 13.3 Å². The van der Waals surface area contributed by atoms with Gasteiger partial charge < -0.3 is 20.6 Å². The van der Waals surface area contributed by atoms with Crippen molar-refractivity contribution < 1.29 is 19.5 Å². The van der Waals surface area contributed by atoms with Crippen LogP contribution in [0.15, 0.2) is 0 Å². The van der Waals surface area contributed by atoms with Crippen LogP contribution in [-0.2, 0) is 9.59 Å². The van der Waals surface area contributed by atoms with Crippen molar-refractivity contribution in [3.8, 4) is 0 Å². The Bertz CT molecular complexity index is 413. The van der Waals surface area contributed by atoms with Crippen LogP contribution in [-0.4, -0.2) is 52.6 Å². The molecule has 2 unspecified atom stereocenters. The van der Waals surface area contributed by atoms with Crippen LogP contribution in [0.4, 0.5) is 4.79 Å². The molecule has 0 spiro atoms. The second-order valence-corrected chi connectivity index (χ2v) is 5.41. The van der Waals surface area contributed by atoms with E-state index in [1.807, 2.05) is 6.92 Å². The minimum Gasteiger partial charge on any atom is -0.479 e. The van der Waals surface area contributed by atoms with E-state index in [0.717, 1.165) is 0 Å². The number of nitrogens with zero attached hydrogens (tertiary/aromatic N) is 1. The molecule has 0 saturated carbocycles. The molecule has 0 aromatic carbocycles. The SMILES string of the molecule is CCCC1(C(=O)O)CCCN1C(=O)NC(C)C(=O)NCC. The van der Waals surface area contributed by atoms with Crippen LogP contribution in [0.25, 0.3) is 0 Å². The normalized spacial score (nSPS) is 22.7. The number of hydrogen-bond donors (Lipinski definition) is 3. The molecule has 1 fully saturated rings. The maximum atomic E-state index is 12.3. The summed E-state index contributed by atoms with van der Waals surface area (Å²) >= 11 is 0. The minimum absolute atomic E-state index is 0.276. The Morgan fingerprint density at radius 3 is 2.52 bits per heavy atom. The standard InChI is InChI=1S/C14H25N3O4/c1-4-7-14(12(19)20)8-6-9-17(14)13(21)16-10(3)11(18)15-5-2/h10H,4-9H2,1-3H3,(H,15,18)(H,16,21)(H,19,20). The molecule has 0 aromatic heterocycles. The number of hydrogen-bond acceptors (Lipinski definition) is 3. The van der Waals surface area contributed by atoms with Gasteiger partial charge in [-0.15, -0.1) is 0 Å². The molecule has 1 aliphatic heterocycles. The number of amides is 3.